The highest BCUT2D eigenvalue weighted by molar-refractivity contribution is 7.91. The molecule has 7 nitrogen and oxygen atoms in total. The summed E-state index contributed by atoms with van der Waals surface area (Å²) in [5.74, 6) is -0.475. The van der Waals surface area contributed by atoms with Crippen molar-refractivity contribution in [2.24, 2.45) is 0 Å². The summed E-state index contributed by atoms with van der Waals surface area (Å²) in [6.07, 6.45) is 0.917. The molecule has 2 aromatic rings. The van der Waals surface area contributed by atoms with Crippen LogP contribution in [0, 0.1) is 0 Å². The Morgan fingerprint density at radius 2 is 2.07 bits per heavy atom. The van der Waals surface area contributed by atoms with Gasteiger partial charge in [-0.25, -0.2) is 17.9 Å². The lowest BCUT2D eigenvalue weighted by Gasteiger charge is -2.27. The van der Waals surface area contributed by atoms with Gasteiger partial charge in [0.25, 0.3) is 10.0 Å². The van der Waals surface area contributed by atoms with E-state index in [1.54, 1.807) is 0 Å². The Morgan fingerprint density at radius 3 is 2.78 bits per heavy atom. The number of methoxy groups -OCH3 is 2. The van der Waals surface area contributed by atoms with E-state index in [-0.39, 0.29) is 39.8 Å². The molecule has 10 heteroatoms. The number of thiophene rings is 1. The Balaban J connectivity index is 0.00000261. The Hall–Kier alpha value is -1.65. The van der Waals surface area contributed by atoms with Crippen molar-refractivity contribution in [2.45, 2.75) is 16.7 Å². The van der Waals surface area contributed by atoms with Crippen LogP contribution in [-0.4, -0.2) is 41.7 Å². The molecule has 2 N–H and O–H groups in total. The summed E-state index contributed by atoms with van der Waals surface area (Å²) in [5.41, 5.74) is 2.31. The molecule has 0 aliphatic carbocycles. The van der Waals surface area contributed by atoms with Gasteiger partial charge in [-0.2, -0.15) is 0 Å². The maximum Gasteiger partial charge on any atom is 0.348 e. The van der Waals surface area contributed by atoms with Crippen LogP contribution in [0.25, 0.3) is 0 Å². The number of benzene rings is 1. The zero-order chi connectivity index (χ0) is 18.7. The number of hydrogen-bond donors (Lipinski definition) is 2. The van der Waals surface area contributed by atoms with E-state index in [9.17, 15) is 13.2 Å². The highest BCUT2D eigenvalue weighted by atomic mass is 35.5. The Labute approximate surface area is 168 Å². The van der Waals surface area contributed by atoms with Crippen LogP contribution in [0.2, 0.25) is 0 Å². The second-order valence-electron chi connectivity index (χ2n) is 5.77. The van der Waals surface area contributed by atoms with Gasteiger partial charge in [0, 0.05) is 18.7 Å². The second-order valence-corrected chi connectivity index (χ2v) is 8.78. The van der Waals surface area contributed by atoms with E-state index in [4.69, 9.17) is 4.74 Å². The number of halogens is 1. The van der Waals surface area contributed by atoms with Crippen LogP contribution in [0.5, 0.6) is 5.75 Å². The standard InChI is InChI=1S/C17H20N2O5S2.ClH/c1-23-14-9-15(16(20)24-2)25-17(14)26(21,22)19-10-13-12-6-4-3-5-11(12)7-8-18-13;/h3-6,9,13,18-19H,7-8,10H2,1-2H3;1H. The van der Waals surface area contributed by atoms with Gasteiger partial charge in [0.05, 0.1) is 14.2 Å². The molecule has 0 radical (unpaired) electrons. The Morgan fingerprint density at radius 1 is 1.33 bits per heavy atom. The topological polar surface area (TPSA) is 93.7 Å². The van der Waals surface area contributed by atoms with Crippen molar-refractivity contribution in [1.29, 1.82) is 0 Å². The lowest BCUT2D eigenvalue weighted by molar-refractivity contribution is 0.0606. The van der Waals surface area contributed by atoms with Gasteiger partial charge in [0.1, 0.15) is 4.88 Å². The van der Waals surface area contributed by atoms with E-state index >= 15 is 0 Å². The van der Waals surface area contributed by atoms with Crippen LogP contribution in [0.15, 0.2) is 34.5 Å². The molecule has 1 aliphatic heterocycles. The summed E-state index contributed by atoms with van der Waals surface area (Å²) >= 11 is 0.826. The summed E-state index contributed by atoms with van der Waals surface area (Å²) < 4.78 is 37.8. The minimum atomic E-state index is -3.83. The molecular formula is C17H21ClN2O5S2. The van der Waals surface area contributed by atoms with Crippen LogP contribution in [0.3, 0.4) is 0 Å². The smallest absolute Gasteiger partial charge is 0.348 e. The first-order valence-corrected chi connectivity index (χ1v) is 10.3. The fourth-order valence-corrected chi connectivity index (χ4v) is 5.51. The van der Waals surface area contributed by atoms with Gasteiger partial charge in [0.15, 0.2) is 9.96 Å². The third kappa shape index (κ3) is 4.61. The number of nitrogens with one attached hydrogen (secondary N) is 2. The van der Waals surface area contributed by atoms with Crippen molar-refractivity contribution in [2.75, 3.05) is 27.3 Å². The van der Waals surface area contributed by atoms with Crippen molar-refractivity contribution in [1.82, 2.24) is 10.0 Å². The quantitative estimate of drug-likeness (QED) is 0.679. The molecule has 27 heavy (non-hydrogen) atoms. The number of rotatable bonds is 6. The predicted molar refractivity (Wildman–Crippen MR) is 106 cm³/mol. The fraction of sp³-hybridized carbons (Fsp3) is 0.353. The first kappa shape index (κ1) is 21.6. The Kier molecular flexibility index (Phi) is 7.24. The van der Waals surface area contributed by atoms with Crippen molar-refractivity contribution in [3.8, 4) is 5.75 Å². The summed E-state index contributed by atoms with van der Waals surface area (Å²) in [5, 5.41) is 3.33. The molecule has 0 amide bonds. The maximum absolute atomic E-state index is 12.7. The number of carbonyl (C=O) groups is 1. The van der Waals surface area contributed by atoms with Gasteiger partial charge < -0.3 is 14.8 Å². The van der Waals surface area contributed by atoms with Gasteiger partial charge in [-0.3, -0.25) is 0 Å². The molecule has 2 heterocycles. The molecule has 148 valence electrons. The molecule has 1 unspecified atom stereocenters. The van der Waals surface area contributed by atoms with Gasteiger partial charge in [-0.1, -0.05) is 24.3 Å². The van der Waals surface area contributed by atoms with E-state index in [2.05, 4.69) is 20.8 Å². The van der Waals surface area contributed by atoms with Crippen LogP contribution >= 0.6 is 23.7 Å². The monoisotopic (exact) mass is 432 g/mol. The molecule has 0 bridgehead atoms. The van der Waals surface area contributed by atoms with Crippen molar-refractivity contribution >= 4 is 39.7 Å². The molecule has 1 aromatic carbocycles. The van der Waals surface area contributed by atoms with Gasteiger partial charge in [0.2, 0.25) is 0 Å². The third-order valence-corrected chi connectivity index (χ3v) is 7.24. The molecule has 1 atom stereocenters. The normalized spacial score (nSPS) is 16.1. The van der Waals surface area contributed by atoms with E-state index in [1.807, 2.05) is 18.2 Å². The second kappa shape index (κ2) is 9.03. The van der Waals surface area contributed by atoms with Crippen molar-refractivity contribution < 1.29 is 22.7 Å². The average Bonchev–Trinajstić information content (AvgIpc) is 3.11. The molecule has 1 aromatic heterocycles. The van der Waals surface area contributed by atoms with Crippen LogP contribution in [0.1, 0.15) is 26.8 Å². The first-order chi connectivity index (χ1) is 12.5. The van der Waals surface area contributed by atoms with Gasteiger partial charge in [-0.05, 0) is 24.1 Å². The van der Waals surface area contributed by atoms with Gasteiger partial charge >= 0.3 is 5.97 Å². The number of hydrogen-bond acceptors (Lipinski definition) is 7. The summed E-state index contributed by atoms with van der Waals surface area (Å²) in [4.78, 5) is 11.8. The number of fused-ring (bicyclic) bond motifs is 1. The van der Waals surface area contributed by atoms with Crippen molar-refractivity contribution in [3.63, 3.8) is 0 Å². The fourth-order valence-electron chi connectivity index (χ4n) is 2.92. The zero-order valence-corrected chi connectivity index (χ0v) is 17.3. The molecule has 0 fully saturated rings. The summed E-state index contributed by atoms with van der Waals surface area (Å²) in [6, 6.07) is 9.25. The lowest BCUT2D eigenvalue weighted by atomic mass is 9.95. The lowest BCUT2D eigenvalue weighted by Crippen LogP contribution is -2.38. The van der Waals surface area contributed by atoms with E-state index in [1.165, 1.54) is 25.8 Å². The average molecular weight is 433 g/mol. The molecule has 0 saturated heterocycles. The van der Waals surface area contributed by atoms with Crippen molar-refractivity contribution in [3.05, 3.63) is 46.3 Å². The summed E-state index contributed by atoms with van der Waals surface area (Å²) in [7, 11) is -1.22. The molecule has 3 rings (SSSR count). The van der Waals surface area contributed by atoms with Crippen LogP contribution < -0.4 is 14.8 Å². The minimum absolute atomic E-state index is 0. The van der Waals surface area contributed by atoms with Gasteiger partial charge in [-0.15, -0.1) is 23.7 Å². The number of sulfonamides is 1. The highest BCUT2D eigenvalue weighted by Gasteiger charge is 2.28. The Bertz CT molecular complexity index is 914. The summed E-state index contributed by atoms with van der Waals surface area (Å²) in [6.45, 7) is 0.992. The van der Waals surface area contributed by atoms with E-state index in [0.29, 0.717) is 0 Å². The number of carbonyl (C=O) groups excluding carboxylic acids is 1. The van der Waals surface area contributed by atoms with E-state index < -0.39 is 16.0 Å². The number of esters is 1. The first-order valence-electron chi connectivity index (χ1n) is 8.03. The highest BCUT2D eigenvalue weighted by Crippen LogP contribution is 2.34. The van der Waals surface area contributed by atoms with E-state index in [0.717, 1.165) is 29.9 Å². The molecule has 1 aliphatic rings. The number of ether oxygens (including phenoxy) is 2. The third-order valence-electron chi connectivity index (χ3n) is 4.21. The minimum Gasteiger partial charge on any atom is -0.494 e. The predicted octanol–water partition coefficient (Wildman–Crippen LogP) is 2.13. The largest absolute Gasteiger partial charge is 0.494 e. The molecule has 0 spiro atoms. The molecular weight excluding hydrogens is 412 g/mol. The molecule has 0 saturated carbocycles. The SMILES string of the molecule is COC(=O)c1cc(OC)c(S(=O)(=O)NCC2NCCc3ccccc32)s1.Cl. The maximum atomic E-state index is 12.7. The van der Waals surface area contributed by atoms with Crippen LogP contribution in [-0.2, 0) is 21.2 Å². The van der Waals surface area contributed by atoms with Crippen LogP contribution in [0.4, 0.5) is 0 Å². The zero-order valence-electron chi connectivity index (χ0n) is 14.9.